The molecule has 1 N–H and O–H groups in total. The molecule has 3 rings (SSSR count). The molecule has 0 atom stereocenters. The molecule has 3 aromatic rings. The molecule has 23 heavy (non-hydrogen) atoms. The van der Waals surface area contributed by atoms with Gasteiger partial charge in [0.2, 0.25) is 5.91 Å². The van der Waals surface area contributed by atoms with E-state index in [-0.39, 0.29) is 11.4 Å². The van der Waals surface area contributed by atoms with Crippen LogP contribution >= 0.6 is 0 Å². The van der Waals surface area contributed by atoms with Crippen LogP contribution in [0.2, 0.25) is 0 Å². The number of amides is 1. The number of nitrogens with one attached hydrogen (secondary N) is 1. The first-order valence-electron chi connectivity index (χ1n) is 6.73. The summed E-state index contributed by atoms with van der Waals surface area (Å²) in [5.74, 6) is -0.897. The Hall–Kier alpha value is -2.70. The number of hydrogen-bond acceptors (Lipinski definition) is 3. The van der Waals surface area contributed by atoms with Crippen LogP contribution in [0, 0.1) is 0 Å². The molecule has 1 aromatic heterocycles. The van der Waals surface area contributed by atoms with Gasteiger partial charge >= 0.3 is 6.18 Å². The minimum absolute atomic E-state index is 0.133. The van der Waals surface area contributed by atoms with Crippen LogP contribution in [0.4, 0.5) is 18.9 Å². The third-order valence-electron chi connectivity index (χ3n) is 3.33. The van der Waals surface area contributed by atoms with Crippen LogP contribution in [0.25, 0.3) is 21.9 Å². The molecule has 1 heterocycles. The summed E-state index contributed by atoms with van der Waals surface area (Å²) in [6.07, 6.45) is -6.13. The summed E-state index contributed by atoms with van der Waals surface area (Å²) >= 11 is 0. The summed E-state index contributed by atoms with van der Waals surface area (Å²) in [5, 5.41) is 3.82. The number of benzene rings is 2. The van der Waals surface area contributed by atoms with Gasteiger partial charge in [0.25, 0.3) is 0 Å². The molecule has 0 unspecified atom stereocenters. The Labute approximate surface area is 128 Å². The van der Waals surface area contributed by atoms with Crippen molar-refractivity contribution in [3.8, 4) is 5.75 Å². The van der Waals surface area contributed by atoms with Crippen molar-refractivity contribution in [3.05, 3.63) is 36.4 Å². The Kier molecular flexibility index (Phi) is 3.63. The number of carbonyl (C=O) groups excluding carboxylic acids is 1. The normalized spacial score (nSPS) is 11.8. The molecule has 7 heteroatoms. The van der Waals surface area contributed by atoms with Crippen LogP contribution in [0.15, 0.2) is 40.8 Å². The molecule has 0 saturated heterocycles. The molecule has 0 fully saturated rings. The fraction of sp³-hybridized carbons (Fsp3) is 0.188. The summed E-state index contributed by atoms with van der Waals surface area (Å²) in [6.45, 7) is 0. The van der Waals surface area contributed by atoms with Gasteiger partial charge in [-0.2, -0.15) is 13.2 Å². The zero-order valence-corrected chi connectivity index (χ0v) is 12.0. The predicted molar refractivity (Wildman–Crippen MR) is 79.6 cm³/mol. The second-order valence-electron chi connectivity index (χ2n) is 4.99. The van der Waals surface area contributed by atoms with Crippen molar-refractivity contribution in [2.24, 2.45) is 0 Å². The fourth-order valence-corrected chi connectivity index (χ4v) is 2.39. The van der Waals surface area contributed by atoms with Crippen molar-refractivity contribution in [1.82, 2.24) is 0 Å². The fourth-order valence-electron chi connectivity index (χ4n) is 2.39. The lowest BCUT2D eigenvalue weighted by molar-refractivity contribution is -0.150. The summed E-state index contributed by atoms with van der Waals surface area (Å²) in [5.41, 5.74) is 1.23. The molecule has 120 valence electrons. The highest BCUT2D eigenvalue weighted by molar-refractivity contribution is 6.07. The van der Waals surface area contributed by atoms with E-state index in [1.165, 1.54) is 13.2 Å². The van der Waals surface area contributed by atoms with Crippen LogP contribution in [0.1, 0.15) is 6.42 Å². The van der Waals surface area contributed by atoms with E-state index in [2.05, 4.69) is 5.32 Å². The number of alkyl halides is 3. The van der Waals surface area contributed by atoms with Crippen molar-refractivity contribution < 1.29 is 27.1 Å². The van der Waals surface area contributed by atoms with Crippen molar-refractivity contribution in [3.63, 3.8) is 0 Å². The summed E-state index contributed by atoms with van der Waals surface area (Å²) in [4.78, 5) is 11.5. The number of rotatable bonds is 3. The van der Waals surface area contributed by atoms with E-state index >= 15 is 0 Å². The first kappa shape index (κ1) is 15.2. The Bertz CT molecular complexity index is 883. The number of carbonyl (C=O) groups is 1. The van der Waals surface area contributed by atoms with E-state index in [4.69, 9.17) is 9.15 Å². The van der Waals surface area contributed by atoms with Gasteiger partial charge in [0.1, 0.15) is 23.3 Å². The van der Waals surface area contributed by atoms with Crippen molar-refractivity contribution in [2.45, 2.75) is 12.6 Å². The number of ether oxygens (including phenoxy) is 1. The first-order valence-corrected chi connectivity index (χ1v) is 6.73. The average Bonchev–Trinajstić information content (AvgIpc) is 2.81. The van der Waals surface area contributed by atoms with Crippen LogP contribution in [-0.2, 0) is 4.79 Å². The molecule has 1 amide bonds. The van der Waals surface area contributed by atoms with E-state index in [0.717, 1.165) is 10.8 Å². The van der Waals surface area contributed by atoms with Crippen molar-refractivity contribution in [2.75, 3.05) is 12.4 Å². The summed E-state index contributed by atoms with van der Waals surface area (Å²) in [7, 11) is 1.38. The van der Waals surface area contributed by atoms with Crippen LogP contribution < -0.4 is 10.1 Å². The number of para-hydroxylation sites is 1. The van der Waals surface area contributed by atoms with E-state index in [1.807, 2.05) is 18.2 Å². The molecule has 0 bridgehead atoms. The highest BCUT2D eigenvalue weighted by Crippen LogP contribution is 2.36. The molecule has 0 aliphatic carbocycles. The quantitative estimate of drug-likeness (QED) is 0.773. The van der Waals surface area contributed by atoms with Gasteiger partial charge in [-0.1, -0.05) is 18.2 Å². The molecule has 4 nitrogen and oxygen atoms in total. The summed E-state index contributed by atoms with van der Waals surface area (Å²) < 4.78 is 47.6. The van der Waals surface area contributed by atoms with Gasteiger partial charge in [-0.05, 0) is 12.1 Å². The van der Waals surface area contributed by atoms with Crippen molar-refractivity contribution in [1.29, 1.82) is 0 Å². The van der Waals surface area contributed by atoms with Gasteiger partial charge in [-0.15, -0.1) is 0 Å². The number of halogens is 3. The minimum Gasteiger partial charge on any atom is -0.495 e. The van der Waals surface area contributed by atoms with E-state index in [1.54, 1.807) is 12.1 Å². The predicted octanol–water partition coefficient (Wildman–Crippen LogP) is 4.49. The Morgan fingerprint density at radius 2 is 1.91 bits per heavy atom. The number of furan rings is 1. The SMILES string of the molecule is COc1cc2c(cc1NC(=O)CC(F)(F)F)oc1ccccc12. The molecule has 0 saturated carbocycles. The monoisotopic (exact) mass is 323 g/mol. The number of fused-ring (bicyclic) bond motifs is 3. The molecule has 0 aliphatic rings. The van der Waals surface area contributed by atoms with Gasteiger partial charge in [-0.25, -0.2) is 0 Å². The smallest absolute Gasteiger partial charge is 0.397 e. The second kappa shape index (κ2) is 5.49. The molecule has 0 spiro atoms. The average molecular weight is 323 g/mol. The Balaban J connectivity index is 2.03. The molecule has 0 radical (unpaired) electrons. The van der Waals surface area contributed by atoms with Crippen LogP contribution in [-0.4, -0.2) is 19.2 Å². The molecular weight excluding hydrogens is 311 g/mol. The maximum Gasteiger partial charge on any atom is 0.397 e. The van der Waals surface area contributed by atoms with Gasteiger partial charge < -0.3 is 14.5 Å². The number of hydrogen-bond donors (Lipinski definition) is 1. The van der Waals surface area contributed by atoms with Gasteiger partial charge in [0.05, 0.1) is 12.8 Å². The van der Waals surface area contributed by atoms with E-state index in [9.17, 15) is 18.0 Å². The molecule has 0 aliphatic heterocycles. The summed E-state index contributed by atoms with van der Waals surface area (Å²) in [6, 6.07) is 10.4. The zero-order valence-electron chi connectivity index (χ0n) is 12.0. The number of anilines is 1. The zero-order chi connectivity index (χ0) is 16.6. The second-order valence-corrected chi connectivity index (χ2v) is 4.99. The standard InChI is InChI=1S/C16H12F3NO3/c1-22-14-6-10-9-4-2-3-5-12(9)23-13(10)7-11(14)20-15(21)8-16(17,18)19/h2-7H,8H2,1H3,(H,20,21). The largest absolute Gasteiger partial charge is 0.495 e. The highest BCUT2D eigenvalue weighted by Gasteiger charge is 2.31. The topological polar surface area (TPSA) is 51.5 Å². The Morgan fingerprint density at radius 1 is 1.17 bits per heavy atom. The van der Waals surface area contributed by atoms with Gasteiger partial charge in [0, 0.05) is 16.8 Å². The lowest BCUT2D eigenvalue weighted by atomic mass is 10.1. The number of methoxy groups -OCH3 is 1. The van der Waals surface area contributed by atoms with Gasteiger partial charge in [0.15, 0.2) is 0 Å². The Morgan fingerprint density at radius 3 is 2.61 bits per heavy atom. The maximum atomic E-state index is 12.3. The third-order valence-corrected chi connectivity index (χ3v) is 3.33. The maximum absolute atomic E-state index is 12.3. The van der Waals surface area contributed by atoms with Gasteiger partial charge in [-0.3, -0.25) is 4.79 Å². The lowest BCUT2D eigenvalue weighted by Crippen LogP contribution is -2.21. The minimum atomic E-state index is -4.57. The van der Waals surface area contributed by atoms with Crippen LogP contribution in [0.5, 0.6) is 5.75 Å². The highest BCUT2D eigenvalue weighted by atomic mass is 19.4. The van der Waals surface area contributed by atoms with Crippen LogP contribution in [0.3, 0.4) is 0 Å². The van der Waals surface area contributed by atoms with E-state index in [0.29, 0.717) is 11.2 Å². The van der Waals surface area contributed by atoms with Crippen molar-refractivity contribution >= 4 is 33.5 Å². The van der Waals surface area contributed by atoms with E-state index < -0.39 is 18.5 Å². The lowest BCUT2D eigenvalue weighted by Gasteiger charge is -2.11. The molecule has 2 aromatic carbocycles. The molecular formula is C16H12F3NO3. The first-order chi connectivity index (χ1) is 10.9. The third kappa shape index (κ3) is 3.08.